The van der Waals surface area contributed by atoms with Crippen LogP contribution >= 0.6 is 0 Å². The molecule has 2 aromatic carbocycles. The van der Waals surface area contributed by atoms with Crippen LogP contribution in [0, 0.1) is 20.8 Å². The van der Waals surface area contributed by atoms with Gasteiger partial charge in [0.2, 0.25) is 26.0 Å². The fourth-order valence-corrected chi connectivity index (χ4v) is 9.18. The molecule has 1 aliphatic carbocycles. The van der Waals surface area contributed by atoms with E-state index in [-0.39, 0.29) is 22.4 Å². The summed E-state index contributed by atoms with van der Waals surface area (Å²) in [6, 6.07) is 9.54. The maximum Gasteiger partial charge on any atom is 0.244 e. The highest BCUT2D eigenvalue weighted by Gasteiger charge is 2.36. The summed E-state index contributed by atoms with van der Waals surface area (Å²) < 4.78 is 56.8. The number of piperazine rings is 1. The number of rotatable bonds is 8. The number of nitrogens with zero attached hydrogens (tertiary/aromatic N) is 3. The van der Waals surface area contributed by atoms with E-state index in [9.17, 15) is 21.6 Å². The largest absolute Gasteiger partial charge is 0.325 e. The highest BCUT2D eigenvalue weighted by Crippen LogP contribution is 2.31. The quantitative estimate of drug-likeness (QED) is 0.516. The Labute approximate surface area is 233 Å². The summed E-state index contributed by atoms with van der Waals surface area (Å²) in [7, 11) is -5.58. The number of sulfonamides is 2. The van der Waals surface area contributed by atoms with Crippen molar-refractivity contribution in [1.29, 1.82) is 0 Å². The van der Waals surface area contributed by atoms with Crippen molar-refractivity contribution in [3.63, 3.8) is 0 Å². The molecule has 1 heterocycles. The summed E-state index contributed by atoms with van der Waals surface area (Å²) in [6.07, 6.45) is 4.34. The molecule has 0 radical (unpaired) electrons. The molecule has 0 aromatic heterocycles. The van der Waals surface area contributed by atoms with Crippen molar-refractivity contribution in [3.8, 4) is 0 Å². The summed E-state index contributed by atoms with van der Waals surface area (Å²) in [6.45, 7) is 7.44. The lowest BCUT2D eigenvalue weighted by Gasteiger charge is -2.33. The smallest absolute Gasteiger partial charge is 0.244 e. The molecule has 1 amide bonds. The van der Waals surface area contributed by atoms with E-state index in [1.54, 1.807) is 26.0 Å². The van der Waals surface area contributed by atoms with E-state index in [1.807, 2.05) is 26.1 Å². The Morgan fingerprint density at radius 3 is 2.03 bits per heavy atom. The molecule has 0 unspecified atom stereocenters. The molecule has 9 nitrogen and oxygen atoms in total. The summed E-state index contributed by atoms with van der Waals surface area (Å²) in [5, 5.41) is 2.78. The van der Waals surface area contributed by atoms with E-state index >= 15 is 0 Å². The standard InChI is InChI=1S/C28H40N4O5S2/c1-21-18-22(2)28(23(3)19-21)39(36,37)32(25-8-6-5-7-9-25)20-27(33)29-24-10-12-26(13-11-24)38(34,35)31-16-14-30(4)15-17-31/h10-13,18-19,25H,5-9,14-17,20H2,1-4H3,(H,29,33). The molecule has 39 heavy (non-hydrogen) atoms. The third kappa shape index (κ3) is 6.71. The highest BCUT2D eigenvalue weighted by molar-refractivity contribution is 7.89. The third-order valence-corrected chi connectivity index (χ3v) is 11.8. The Balaban J connectivity index is 1.52. The lowest BCUT2D eigenvalue weighted by atomic mass is 9.95. The maximum atomic E-state index is 14.0. The number of nitrogens with one attached hydrogen (secondary N) is 1. The number of anilines is 1. The number of hydrogen-bond donors (Lipinski definition) is 1. The monoisotopic (exact) mass is 576 g/mol. The van der Waals surface area contributed by atoms with Crippen LogP contribution in [-0.2, 0) is 24.8 Å². The predicted octanol–water partition coefficient (Wildman–Crippen LogP) is 3.51. The van der Waals surface area contributed by atoms with Crippen LogP contribution in [0.4, 0.5) is 5.69 Å². The second-order valence-electron chi connectivity index (χ2n) is 10.8. The van der Waals surface area contributed by atoms with Gasteiger partial charge >= 0.3 is 0 Å². The molecule has 1 aliphatic heterocycles. The second-order valence-corrected chi connectivity index (χ2v) is 14.6. The molecule has 2 aromatic rings. The first-order valence-corrected chi connectivity index (χ1v) is 16.5. The van der Waals surface area contributed by atoms with Crippen molar-refractivity contribution >= 4 is 31.6 Å². The molecule has 2 fully saturated rings. The van der Waals surface area contributed by atoms with Crippen LogP contribution in [-0.4, -0.2) is 82.1 Å². The number of amides is 1. The Morgan fingerprint density at radius 1 is 0.897 bits per heavy atom. The number of carbonyl (C=O) groups excluding carboxylic acids is 1. The topological polar surface area (TPSA) is 107 Å². The lowest BCUT2D eigenvalue weighted by Crippen LogP contribution is -2.47. The van der Waals surface area contributed by atoms with Crippen molar-refractivity contribution in [2.75, 3.05) is 45.1 Å². The molecule has 1 saturated heterocycles. The van der Waals surface area contributed by atoms with Crippen LogP contribution in [0.2, 0.25) is 0 Å². The average molecular weight is 577 g/mol. The fraction of sp³-hybridized carbons (Fsp3) is 0.536. The van der Waals surface area contributed by atoms with E-state index in [1.165, 1.54) is 20.7 Å². The molecule has 11 heteroatoms. The first kappa shape index (κ1) is 29.7. The molecular weight excluding hydrogens is 536 g/mol. The summed E-state index contributed by atoms with van der Waals surface area (Å²) in [4.78, 5) is 15.7. The van der Waals surface area contributed by atoms with Gasteiger partial charge in [0, 0.05) is 37.9 Å². The van der Waals surface area contributed by atoms with Crippen molar-refractivity contribution in [3.05, 3.63) is 53.1 Å². The normalized spacial score (nSPS) is 18.4. The van der Waals surface area contributed by atoms with Gasteiger partial charge in [0.05, 0.1) is 16.3 Å². The fourth-order valence-electron chi connectivity index (χ4n) is 5.70. The van der Waals surface area contributed by atoms with Crippen molar-refractivity contribution in [2.45, 2.75) is 68.7 Å². The summed E-state index contributed by atoms with van der Waals surface area (Å²) in [5.74, 6) is -0.457. The van der Waals surface area contributed by atoms with Gasteiger partial charge in [0.25, 0.3) is 0 Å². The van der Waals surface area contributed by atoms with Gasteiger partial charge in [-0.15, -0.1) is 0 Å². The number of likely N-dealkylation sites (N-methyl/N-ethyl adjacent to an activating group) is 1. The molecule has 214 valence electrons. The minimum atomic E-state index is -3.92. The van der Waals surface area contributed by atoms with Crippen molar-refractivity contribution in [2.24, 2.45) is 0 Å². The molecule has 0 spiro atoms. The van der Waals surface area contributed by atoms with Crippen LogP contribution in [0.5, 0.6) is 0 Å². The van der Waals surface area contributed by atoms with E-state index in [0.717, 1.165) is 37.7 Å². The van der Waals surface area contributed by atoms with Crippen molar-refractivity contribution in [1.82, 2.24) is 13.5 Å². The van der Waals surface area contributed by atoms with E-state index in [0.29, 0.717) is 43.0 Å². The second kappa shape index (κ2) is 12.1. The van der Waals surface area contributed by atoms with Gasteiger partial charge in [-0.3, -0.25) is 4.79 Å². The summed E-state index contributed by atoms with van der Waals surface area (Å²) >= 11 is 0. The maximum absolute atomic E-state index is 14.0. The molecule has 1 N–H and O–H groups in total. The molecular formula is C28H40N4O5S2. The minimum absolute atomic E-state index is 0.168. The highest BCUT2D eigenvalue weighted by atomic mass is 32.2. The van der Waals surface area contributed by atoms with Gasteiger partial charge in [-0.05, 0) is 76.1 Å². The van der Waals surface area contributed by atoms with E-state index in [4.69, 9.17) is 0 Å². The SMILES string of the molecule is Cc1cc(C)c(S(=O)(=O)N(CC(=O)Nc2ccc(S(=O)(=O)N3CCN(C)CC3)cc2)C2CCCCC2)c(C)c1. The Kier molecular flexibility index (Phi) is 9.17. The lowest BCUT2D eigenvalue weighted by molar-refractivity contribution is -0.116. The number of hydrogen-bond acceptors (Lipinski definition) is 6. The Bertz CT molecular complexity index is 1370. The Hall–Kier alpha value is -2.31. The summed E-state index contributed by atoms with van der Waals surface area (Å²) in [5.41, 5.74) is 2.75. The molecule has 4 rings (SSSR count). The van der Waals surface area contributed by atoms with Gasteiger partial charge in [-0.25, -0.2) is 16.8 Å². The van der Waals surface area contributed by atoms with Crippen LogP contribution in [0.15, 0.2) is 46.2 Å². The first-order chi connectivity index (χ1) is 18.4. The number of aryl methyl sites for hydroxylation is 3. The first-order valence-electron chi connectivity index (χ1n) is 13.6. The molecule has 2 aliphatic rings. The van der Waals surface area contributed by atoms with Crippen LogP contribution in [0.1, 0.15) is 48.8 Å². The van der Waals surface area contributed by atoms with Gasteiger partial charge < -0.3 is 10.2 Å². The number of carbonyl (C=O) groups is 1. The Morgan fingerprint density at radius 2 is 1.46 bits per heavy atom. The zero-order chi connectivity index (χ0) is 28.4. The van der Waals surface area contributed by atoms with Crippen molar-refractivity contribution < 1.29 is 21.6 Å². The van der Waals surface area contributed by atoms with Gasteiger partial charge in [0.15, 0.2) is 0 Å². The predicted molar refractivity (Wildman–Crippen MR) is 153 cm³/mol. The van der Waals surface area contributed by atoms with E-state index in [2.05, 4.69) is 10.2 Å². The number of benzene rings is 2. The zero-order valence-corrected chi connectivity index (χ0v) is 24.9. The van der Waals surface area contributed by atoms with Gasteiger partial charge in [-0.1, -0.05) is 37.0 Å². The van der Waals surface area contributed by atoms with E-state index < -0.39 is 26.0 Å². The zero-order valence-electron chi connectivity index (χ0n) is 23.3. The average Bonchev–Trinajstić information content (AvgIpc) is 2.87. The van der Waals surface area contributed by atoms with Crippen LogP contribution in [0.3, 0.4) is 0 Å². The molecule has 0 atom stereocenters. The molecule has 1 saturated carbocycles. The minimum Gasteiger partial charge on any atom is -0.325 e. The third-order valence-electron chi connectivity index (χ3n) is 7.69. The van der Waals surface area contributed by atoms with Gasteiger partial charge in [-0.2, -0.15) is 8.61 Å². The van der Waals surface area contributed by atoms with Gasteiger partial charge in [0.1, 0.15) is 0 Å². The molecule has 0 bridgehead atoms. The van der Waals surface area contributed by atoms with Crippen LogP contribution < -0.4 is 5.32 Å². The van der Waals surface area contributed by atoms with Crippen LogP contribution in [0.25, 0.3) is 0 Å².